The van der Waals surface area contributed by atoms with Gasteiger partial charge in [0.1, 0.15) is 11.9 Å². The molecule has 0 N–H and O–H groups in total. The van der Waals surface area contributed by atoms with Crippen molar-refractivity contribution in [2.24, 2.45) is 0 Å². The molecule has 144 valence electrons. The third-order valence-corrected chi connectivity index (χ3v) is 4.88. The number of nitrogens with zero attached hydrogens (tertiary/aromatic N) is 2. The number of pyridine rings is 1. The van der Waals surface area contributed by atoms with Crippen molar-refractivity contribution < 1.29 is 27.4 Å². The number of amides is 1. The second-order valence-electron chi connectivity index (χ2n) is 6.01. The molecule has 0 unspecified atom stereocenters. The minimum absolute atomic E-state index is 0.105. The number of alkyl halides is 3. The first-order chi connectivity index (χ1) is 12.8. The van der Waals surface area contributed by atoms with Gasteiger partial charge in [-0.2, -0.15) is 13.2 Å². The van der Waals surface area contributed by atoms with Gasteiger partial charge in [-0.3, -0.25) is 4.79 Å². The van der Waals surface area contributed by atoms with Crippen LogP contribution in [0.4, 0.5) is 13.2 Å². The van der Waals surface area contributed by atoms with Crippen LogP contribution in [0.2, 0.25) is 0 Å². The molecule has 0 bridgehead atoms. The molecule has 1 aromatic carbocycles. The van der Waals surface area contributed by atoms with Gasteiger partial charge in [-0.25, -0.2) is 4.98 Å². The van der Waals surface area contributed by atoms with Gasteiger partial charge in [0.25, 0.3) is 5.91 Å². The van der Waals surface area contributed by atoms with E-state index in [-0.39, 0.29) is 18.3 Å². The SMILES string of the molecule is COc1ccc(Br)c(C(=O)N2CC[C@@H](Oc3cc(C(F)(F)F)ccn3)C2)c1. The number of carbonyl (C=O) groups excluding carboxylic acids is 1. The summed E-state index contributed by atoms with van der Waals surface area (Å²) >= 11 is 3.35. The largest absolute Gasteiger partial charge is 0.497 e. The lowest BCUT2D eigenvalue weighted by Gasteiger charge is -2.18. The van der Waals surface area contributed by atoms with Crippen LogP contribution in [-0.2, 0) is 6.18 Å². The zero-order valence-corrected chi connectivity index (χ0v) is 15.9. The molecule has 3 rings (SSSR count). The molecule has 1 aliphatic rings. The Morgan fingerprint density at radius 1 is 1.30 bits per heavy atom. The Balaban J connectivity index is 1.68. The van der Waals surface area contributed by atoms with E-state index in [0.717, 1.165) is 18.3 Å². The lowest BCUT2D eigenvalue weighted by Crippen LogP contribution is -2.31. The highest BCUT2D eigenvalue weighted by Gasteiger charge is 2.33. The van der Waals surface area contributed by atoms with E-state index in [1.54, 1.807) is 23.1 Å². The molecule has 0 spiro atoms. The fourth-order valence-electron chi connectivity index (χ4n) is 2.80. The molecule has 2 aromatic rings. The quantitative estimate of drug-likeness (QED) is 0.710. The lowest BCUT2D eigenvalue weighted by molar-refractivity contribution is -0.137. The number of aromatic nitrogens is 1. The molecule has 27 heavy (non-hydrogen) atoms. The van der Waals surface area contributed by atoms with Crippen LogP contribution in [0.15, 0.2) is 41.0 Å². The fraction of sp³-hybridized carbons (Fsp3) is 0.333. The van der Waals surface area contributed by atoms with E-state index < -0.39 is 17.8 Å². The van der Waals surface area contributed by atoms with Gasteiger partial charge in [0.2, 0.25) is 5.88 Å². The van der Waals surface area contributed by atoms with Gasteiger partial charge < -0.3 is 14.4 Å². The molecule has 5 nitrogen and oxygen atoms in total. The van der Waals surface area contributed by atoms with E-state index in [1.807, 2.05) is 0 Å². The molecule has 1 atom stereocenters. The maximum absolute atomic E-state index is 12.8. The Morgan fingerprint density at radius 3 is 2.78 bits per heavy atom. The number of methoxy groups -OCH3 is 1. The number of halogens is 4. The summed E-state index contributed by atoms with van der Waals surface area (Å²) in [6, 6.07) is 6.84. The van der Waals surface area contributed by atoms with Gasteiger partial charge in [-0.1, -0.05) is 0 Å². The Labute approximate surface area is 162 Å². The molecular formula is C18H16BrF3N2O3. The van der Waals surface area contributed by atoms with Gasteiger partial charge in [0.15, 0.2) is 0 Å². The van der Waals surface area contributed by atoms with Crippen LogP contribution in [-0.4, -0.2) is 42.1 Å². The first-order valence-electron chi connectivity index (χ1n) is 8.10. The van der Waals surface area contributed by atoms with E-state index in [1.165, 1.54) is 7.11 Å². The highest BCUT2D eigenvalue weighted by atomic mass is 79.9. The van der Waals surface area contributed by atoms with Crippen LogP contribution in [0.25, 0.3) is 0 Å². The average Bonchev–Trinajstić information content (AvgIpc) is 3.09. The Bertz CT molecular complexity index is 845. The van der Waals surface area contributed by atoms with Crippen LogP contribution in [0, 0.1) is 0 Å². The van der Waals surface area contributed by atoms with Crippen LogP contribution in [0.3, 0.4) is 0 Å². The van der Waals surface area contributed by atoms with E-state index in [2.05, 4.69) is 20.9 Å². The van der Waals surface area contributed by atoms with Crippen molar-refractivity contribution in [1.29, 1.82) is 0 Å². The van der Waals surface area contributed by atoms with Crippen molar-refractivity contribution in [3.8, 4) is 11.6 Å². The van der Waals surface area contributed by atoms with Gasteiger partial charge >= 0.3 is 6.18 Å². The summed E-state index contributed by atoms with van der Waals surface area (Å²) in [6.07, 6.45) is -3.32. The second kappa shape index (κ2) is 7.75. The molecular weight excluding hydrogens is 429 g/mol. The Morgan fingerprint density at radius 2 is 2.07 bits per heavy atom. The zero-order chi connectivity index (χ0) is 19.6. The van der Waals surface area contributed by atoms with Crippen LogP contribution >= 0.6 is 15.9 Å². The number of hydrogen-bond acceptors (Lipinski definition) is 4. The first kappa shape index (κ1) is 19.5. The molecule has 1 amide bonds. The van der Waals surface area contributed by atoms with E-state index in [0.29, 0.717) is 28.8 Å². The normalized spacial score (nSPS) is 17.1. The molecule has 0 aliphatic carbocycles. The summed E-state index contributed by atoms with van der Waals surface area (Å²) in [7, 11) is 1.51. The maximum Gasteiger partial charge on any atom is 0.416 e. The number of benzene rings is 1. The number of hydrogen-bond donors (Lipinski definition) is 0. The monoisotopic (exact) mass is 444 g/mol. The van der Waals surface area contributed by atoms with Crippen molar-refractivity contribution in [1.82, 2.24) is 9.88 Å². The van der Waals surface area contributed by atoms with Gasteiger partial charge in [0, 0.05) is 29.7 Å². The highest BCUT2D eigenvalue weighted by molar-refractivity contribution is 9.10. The van der Waals surface area contributed by atoms with Crippen LogP contribution in [0.5, 0.6) is 11.6 Å². The van der Waals surface area contributed by atoms with Crippen molar-refractivity contribution in [2.75, 3.05) is 20.2 Å². The third-order valence-electron chi connectivity index (χ3n) is 4.19. The highest BCUT2D eigenvalue weighted by Crippen LogP contribution is 2.31. The van der Waals surface area contributed by atoms with Crippen LogP contribution in [0.1, 0.15) is 22.3 Å². The average molecular weight is 445 g/mol. The van der Waals surface area contributed by atoms with E-state index >= 15 is 0 Å². The van der Waals surface area contributed by atoms with Crippen molar-refractivity contribution in [3.63, 3.8) is 0 Å². The predicted molar refractivity (Wildman–Crippen MR) is 94.9 cm³/mol. The number of rotatable bonds is 4. The molecule has 1 aromatic heterocycles. The van der Waals surface area contributed by atoms with Crippen molar-refractivity contribution >= 4 is 21.8 Å². The van der Waals surface area contributed by atoms with Crippen molar-refractivity contribution in [2.45, 2.75) is 18.7 Å². The molecule has 0 radical (unpaired) electrons. The van der Waals surface area contributed by atoms with Gasteiger partial charge in [0.05, 0.1) is 24.8 Å². The maximum atomic E-state index is 12.8. The van der Waals surface area contributed by atoms with Gasteiger partial charge in [-0.05, 0) is 40.2 Å². The standard InChI is InChI=1S/C18H16BrF3N2O3/c1-26-12-2-3-15(19)14(9-12)17(25)24-7-5-13(10-24)27-16-8-11(4-6-23-16)18(20,21)22/h2-4,6,8-9,13H,5,7,10H2,1H3/t13-/m1/s1. The fourth-order valence-corrected chi connectivity index (χ4v) is 3.21. The van der Waals surface area contributed by atoms with Gasteiger partial charge in [-0.15, -0.1) is 0 Å². The second-order valence-corrected chi connectivity index (χ2v) is 6.86. The minimum Gasteiger partial charge on any atom is -0.497 e. The summed E-state index contributed by atoms with van der Waals surface area (Å²) in [4.78, 5) is 18.2. The summed E-state index contributed by atoms with van der Waals surface area (Å²) < 4.78 is 49.7. The lowest BCUT2D eigenvalue weighted by atomic mass is 10.2. The summed E-state index contributed by atoms with van der Waals surface area (Å²) in [5.41, 5.74) is -0.370. The number of carbonyl (C=O) groups is 1. The Hall–Kier alpha value is -2.29. The van der Waals surface area contributed by atoms with Crippen molar-refractivity contribution in [3.05, 3.63) is 52.1 Å². The molecule has 9 heteroatoms. The molecule has 2 heterocycles. The topological polar surface area (TPSA) is 51.7 Å². The summed E-state index contributed by atoms with van der Waals surface area (Å²) in [5.74, 6) is 0.247. The van der Waals surface area contributed by atoms with E-state index in [9.17, 15) is 18.0 Å². The molecule has 1 aliphatic heterocycles. The third kappa shape index (κ3) is 4.52. The van der Waals surface area contributed by atoms with E-state index in [4.69, 9.17) is 9.47 Å². The molecule has 1 fully saturated rings. The number of ether oxygens (including phenoxy) is 2. The Kier molecular flexibility index (Phi) is 5.59. The zero-order valence-electron chi connectivity index (χ0n) is 14.3. The first-order valence-corrected chi connectivity index (χ1v) is 8.90. The summed E-state index contributed by atoms with van der Waals surface area (Å²) in [5, 5.41) is 0. The number of likely N-dealkylation sites (tertiary alicyclic amines) is 1. The molecule has 1 saturated heterocycles. The smallest absolute Gasteiger partial charge is 0.416 e. The summed E-state index contributed by atoms with van der Waals surface area (Å²) in [6.45, 7) is 0.701. The molecule has 0 saturated carbocycles. The minimum atomic E-state index is -4.46. The predicted octanol–water partition coefficient (Wildman–Crippen LogP) is 4.17. The van der Waals surface area contributed by atoms with Crippen LogP contribution < -0.4 is 9.47 Å².